The molecule has 3 nitrogen and oxygen atoms in total. The Hall–Kier alpha value is 0.140. The molecule has 0 amide bonds. The van der Waals surface area contributed by atoms with Crippen molar-refractivity contribution >= 4 is 41.0 Å². The zero-order valence-corrected chi connectivity index (χ0v) is 9.78. The largest absolute Gasteiger partial charge is 0.508 e. The first-order chi connectivity index (χ1) is 5.79. The van der Waals surface area contributed by atoms with Gasteiger partial charge in [0.1, 0.15) is 0 Å². The lowest BCUT2D eigenvalue weighted by atomic mass is 10.1. The summed E-state index contributed by atoms with van der Waals surface area (Å²) in [5, 5.41) is 0. The lowest BCUT2D eigenvalue weighted by Crippen LogP contribution is -2.35. The quantitative estimate of drug-likeness (QED) is 0.557. The molecule has 1 unspecified atom stereocenters. The third-order valence-corrected chi connectivity index (χ3v) is 1.96. The second-order valence-electron chi connectivity index (χ2n) is 2.78. The van der Waals surface area contributed by atoms with Crippen LogP contribution in [0, 0.1) is 5.92 Å². The number of carbonyl (C=O) groups is 1. The van der Waals surface area contributed by atoms with E-state index in [-0.39, 0.29) is 5.92 Å². The Morgan fingerprint density at radius 1 is 1.31 bits per heavy atom. The third kappa shape index (κ3) is 4.79. The summed E-state index contributed by atoms with van der Waals surface area (Å²) in [5.41, 5.74) is 0. The molecule has 0 heterocycles. The number of hydrogen-bond donors (Lipinski definition) is 0. The fourth-order valence-electron chi connectivity index (χ4n) is 0.733. The maximum atomic E-state index is 10.8. The summed E-state index contributed by atoms with van der Waals surface area (Å²) < 4.78 is 7.42. The Morgan fingerprint density at radius 2 is 1.77 bits per heavy atom. The van der Waals surface area contributed by atoms with Gasteiger partial charge < -0.3 is 9.47 Å². The minimum absolute atomic E-state index is 0.105. The van der Waals surface area contributed by atoms with Crippen molar-refractivity contribution in [3.63, 3.8) is 0 Å². The maximum Gasteiger partial charge on any atom is 0.508 e. The predicted octanol–water partition coefficient (Wildman–Crippen LogP) is 3.16. The first kappa shape index (κ1) is 13.1. The van der Waals surface area contributed by atoms with Gasteiger partial charge in [-0.25, -0.2) is 4.79 Å². The molecule has 0 aliphatic rings. The van der Waals surface area contributed by atoms with Crippen LogP contribution in [0.4, 0.5) is 4.79 Å². The van der Waals surface area contributed by atoms with Gasteiger partial charge in [0.2, 0.25) is 3.79 Å². The number of halogens is 3. The van der Waals surface area contributed by atoms with E-state index in [1.165, 1.54) is 7.11 Å². The molecule has 0 spiro atoms. The molecule has 0 aliphatic heterocycles. The fraction of sp³-hybridized carbons (Fsp3) is 0.857. The molecule has 0 saturated heterocycles. The van der Waals surface area contributed by atoms with Crippen LogP contribution in [0.2, 0.25) is 0 Å². The highest BCUT2D eigenvalue weighted by atomic mass is 35.6. The van der Waals surface area contributed by atoms with Crippen LogP contribution in [-0.4, -0.2) is 23.2 Å². The van der Waals surface area contributed by atoms with Gasteiger partial charge in [0.05, 0.1) is 7.11 Å². The summed E-state index contributed by atoms with van der Waals surface area (Å²) in [4.78, 5) is 10.8. The van der Waals surface area contributed by atoms with Crippen molar-refractivity contribution < 1.29 is 14.3 Å². The van der Waals surface area contributed by atoms with E-state index in [0.29, 0.717) is 0 Å². The van der Waals surface area contributed by atoms with Crippen molar-refractivity contribution in [2.45, 2.75) is 23.7 Å². The van der Waals surface area contributed by atoms with Crippen molar-refractivity contribution in [2.24, 2.45) is 5.92 Å². The molecule has 0 aromatic rings. The molecule has 0 saturated carbocycles. The molecule has 0 aliphatic carbocycles. The van der Waals surface area contributed by atoms with Crippen molar-refractivity contribution in [1.29, 1.82) is 0 Å². The maximum absolute atomic E-state index is 10.8. The standard InChI is InChI=1S/C7H11Cl3O3/c1-4(2)5(7(8,9)10)13-6(11)12-3/h4-5H,1-3H3. The van der Waals surface area contributed by atoms with Crippen LogP contribution < -0.4 is 0 Å². The Morgan fingerprint density at radius 3 is 2.00 bits per heavy atom. The van der Waals surface area contributed by atoms with Gasteiger partial charge in [-0.05, 0) is 5.92 Å². The van der Waals surface area contributed by atoms with E-state index < -0.39 is 16.1 Å². The van der Waals surface area contributed by atoms with Gasteiger partial charge in [-0.3, -0.25) is 0 Å². The molecule has 13 heavy (non-hydrogen) atoms. The molecule has 6 heteroatoms. The number of ether oxygens (including phenoxy) is 2. The van der Waals surface area contributed by atoms with Crippen molar-refractivity contribution in [2.75, 3.05) is 7.11 Å². The highest BCUT2D eigenvalue weighted by molar-refractivity contribution is 6.68. The number of carbonyl (C=O) groups excluding carboxylic acids is 1. The molecule has 0 rings (SSSR count). The lowest BCUT2D eigenvalue weighted by Gasteiger charge is -2.26. The van der Waals surface area contributed by atoms with E-state index in [1.807, 2.05) is 0 Å². The number of hydrogen-bond acceptors (Lipinski definition) is 3. The van der Waals surface area contributed by atoms with E-state index >= 15 is 0 Å². The van der Waals surface area contributed by atoms with Crippen LogP contribution in [0.3, 0.4) is 0 Å². The average molecular weight is 250 g/mol. The minimum atomic E-state index is -1.64. The topological polar surface area (TPSA) is 35.5 Å². The van der Waals surface area contributed by atoms with Crippen LogP contribution in [0.5, 0.6) is 0 Å². The summed E-state index contributed by atoms with van der Waals surface area (Å²) in [5.74, 6) is -0.105. The summed E-state index contributed by atoms with van der Waals surface area (Å²) in [7, 11) is 1.19. The Balaban J connectivity index is 4.36. The molecule has 0 N–H and O–H groups in total. The van der Waals surface area contributed by atoms with Gasteiger partial charge in [-0.15, -0.1) is 0 Å². The lowest BCUT2D eigenvalue weighted by molar-refractivity contribution is 0.0208. The van der Waals surface area contributed by atoms with Crippen LogP contribution in [0.15, 0.2) is 0 Å². The van der Waals surface area contributed by atoms with Gasteiger partial charge >= 0.3 is 6.16 Å². The van der Waals surface area contributed by atoms with E-state index in [2.05, 4.69) is 4.74 Å². The second-order valence-corrected chi connectivity index (χ2v) is 5.15. The van der Waals surface area contributed by atoms with Crippen molar-refractivity contribution in [3.05, 3.63) is 0 Å². The van der Waals surface area contributed by atoms with Crippen LogP contribution in [0.25, 0.3) is 0 Å². The molecular formula is C7H11Cl3O3. The van der Waals surface area contributed by atoms with E-state index in [4.69, 9.17) is 39.5 Å². The Labute approximate surface area is 92.2 Å². The molecular weight excluding hydrogens is 238 g/mol. The first-order valence-electron chi connectivity index (χ1n) is 3.60. The van der Waals surface area contributed by atoms with E-state index in [0.717, 1.165) is 0 Å². The Bertz CT molecular complexity index is 176. The van der Waals surface area contributed by atoms with Crippen molar-refractivity contribution in [3.8, 4) is 0 Å². The van der Waals surface area contributed by atoms with E-state index in [9.17, 15) is 4.79 Å². The summed E-state index contributed by atoms with van der Waals surface area (Å²) in [6.45, 7) is 3.55. The molecule has 0 aromatic heterocycles. The summed E-state index contributed by atoms with van der Waals surface area (Å²) in [6.07, 6.45) is -1.67. The zero-order chi connectivity index (χ0) is 10.6. The average Bonchev–Trinajstić information content (AvgIpc) is 1.96. The van der Waals surface area contributed by atoms with Gasteiger partial charge in [-0.2, -0.15) is 0 Å². The zero-order valence-electron chi connectivity index (χ0n) is 7.51. The molecule has 0 aromatic carbocycles. The minimum Gasteiger partial charge on any atom is -0.438 e. The molecule has 78 valence electrons. The number of methoxy groups -OCH3 is 1. The van der Waals surface area contributed by atoms with Gasteiger partial charge in [0.15, 0.2) is 6.10 Å². The van der Waals surface area contributed by atoms with Crippen LogP contribution >= 0.6 is 34.8 Å². The van der Waals surface area contributed by atoms with Gasteiger partial charge in [0, 0.05) is 0 Å². The summed E-state index contributed by atoms with van der Waals surface area (Å²) in [6, 6.07) is 0. The second kappa shape index (κ2) is 5.13. The molecule has 1 atom stereocenters. The molecule has 0 radical (unpaired) electrons. The molecule has 0 bridgehead atoms. The van der Waals surface area contributed by atoms with E-state index in [1.54, 1.807) is 13.8 Å². The van der Waals surface area contributed by atoms with Gasteiger partial charge in [0.25, 0.3) is 0 Å². The highest BCUT2D eigenvalue weighted by Crippen LogP contribution is 2.36. The van der Waals surface area contributed by atoms with Crippen LogP contribution in [0.1, 0.15) is 13.8 Å². The monoisotopic (exact) mass is 248 g/mol. The van der Waals surface area contributed by atoms with Crippen LogP contribution in [-0.2, 0) is 9.47 Å². The number of alkyl halides is 3. The SMILES string of the molecule is COC(=O)OC(C(C)C)C(Cl)(Cl)Cl. The predicted molar refractivity (Wildman–Crippen MR) is 52.4 cm³/mol. The van der Waals surface area contributed by atoms with Crippen molar-refractivity contribution in [1.82, 2.24) is 0 Å². The highest BCUT2D eigenvalue weighted by Gasteiger charge is 2.38. The van der Waals surface area contributed by atoms with Gasteiger partial charge in [-0.1, -0.05) is 48.7 Å². The fourth-order valence-corrected chi connectivity index (χ4v) is 1.62. The smallest absolute Gasteiger partial charge is 0.438 e. The normalized spacial score (nSPS) is 14.1. The molecule has 0 fully saturated rings. The first-order valence-corrected chi connectivity index (χ1v) is 4.73. The third-order valence-electron chi connectivity index (χ3n) is 1.32. The Kier molecular flexibility index (Phi) is 5.18. The number of rotatable bonds is 2. The summed E-state index contributed by atoms with van der Waals surface area (Å²) >= 11 is 16.8.